The molecule has 1 atom stereocenters. The van der Waals surface area contributed by atoms with E-state index in [4.69, 9.17) is 4.74 Å². The summed E-state index contributed by atoms with van der Waals surface area (Å²) < 4.78 is 37.5. The van der Waals surface area contributed by atoms with Crippen LogP contribution in [0.5, 0.6) is 0 Å². The number of benzene rings is 1. The highest BCUT2D eigenvalue weighted by atomic mass is 32.2. The van der Waals surface area contributed by atoms with E-state index in [1.807, 2.05) is 0 Å². The molecule has 1 aromatic heterocycles. The Kier molecular flexibility index (Phi) is 6.60. The van der Waals surface area contributed by atoms with Crippen molar-refractivity contribution in [2.45, 2.75) is 43.5 Å². The fourth-order valence-electron chi connectivity index (χ4n) is 4.24. The van der Waals surface area contributed by atoms with Crippen LogP contribution in [-0.4, -0.2) is 78.8 Å². The maximum atomic E-state index is 13.2. The Bertz CT molecular complexity index is 1080. The number of ether oxygens (including phenoxy) is 1. The van der Waals surface area contributed by atoms with Crippen LogP contribution < -0.4 is 5.32 Å². The van der Waals surface area contributed by atoms with E-state index >= 15 is 0 Å². The van der Waals surface area contributed by atoms with Crippen molar-refractivity contribution in [1.29, 1.82) is 0 Å². The Morgan fingerprint density at radius 1 is 1.19 bits per heavy atom. The number of carbonyl (C=O) groups is 2. The molecule has 12 heteroatoms. The van der Waals surface area contributed by atoms with E-state index < -0.39 is 15.9 Å². The van der Waals surface area contributed by atoms with Gasteiger partial charge in [0.05, 0.1) is 12.5 Å². The first-order valence-electron chi connectivity index (χ1n) is 10.8. The summed E-state index contributed by atoms with van der Waals surface area (Å²) in [4.78, 5) is 26.4. The summed E-state index contributed by atoms with van der Waals surface area (Å²) in [5.41, 5.74) is 0.555. The molecule has 2 saturated heterocycles. The summed E-state index contributed by atoms with van der Waals surface area (Å²) in [7, 11) is -3.85. The third-order valence-electron chi connectivity index (χ3n) is 5.99. The number of hydrogen-bond donors (Lipinski definition) is 1. The molecule has 2 aliphatic heterocycles. The Hall–Kier alpha value is -2.73. The molecule has 2 fully saturated rings. The normalized spacial score (nSPS) is 20.9. The monoisotopic (exact) mass is 465 g/mol. The SMILES string of the molecule is CCOC(=O)N1CCC(NC(=O)[C@H]2CCCN(S(=O)(=O)c3cccc4nonc34)C2)CC1. The third kappa shape index (κ3) is 4.56. The number of piperidine rings is 2. The molecule has 1 N–H and O–H groups in total. The molecule has 11 nitrogen and oxygen atoms in total. The van der Waals surface area contributed by atoms with Gasteiger partial charge in [0.2, 0.25) is 15.9 Å². The van der Waals surface area contributed by atoms with Gasteiger partial charge >= 0.3 is 6.09 Å². The first-order chi connectivity index (χ1) is 15.4. The molecule has 3 heterocycles. The Labute approximate surface area is 186 Å². The zero-order chi connectivity index (χ0) is 22.7. The van der Waals surface area contributed by atoms with Gasteiger partial charge in [-0.25, -0.2) is 17.8 Å². The zero-order valence-electron chi connectivity index (χ0n) is 17.9. The van der Waals surface area contributed by atoms with Crippen LogP contribution in [0.2, 0.25) is 0 Å². The van der Waals surface area contributed by atoms with Gasteiger partial charge in [-0.15, -0.1) is 0 Å². The van der Waals surface area contributed by atoms with E-state index in [0.29, 0.717) is 57.4 Å². The summed E-state index contributed by atoms with van der Waals surface area (Å²) >= 11 is 0. The number of fused-ring (bicyclic) bond motifs is 1. The fraction of sp³-hybridized carbons (Fsp3) is 0.600. The molecule has 0 saturated carbocycles. The van der Waals surface area contributed by atoms with Crippen LogP contribution in [0.15, 0.2) is 27.7 Å². The molecule has 2 aromatic rings. The van der Waals surface area contributed by atoms with Gasteiger partial charge in [0.1, 0.15) is 10.4 Å². The first-order valence-corrected chi connectivity index (χ1v) is 12.3. The lowest BCUT2D eigenvalue weighted by Crippen LogP contribution is -2.50. The van der Waals surface area contributed by atoms with Crippen LogP contribution >= 0.6 is 0 Å². The van der Waals surface area contributed by atoms with Crippen molar-refractivity contribution in [3.05, 3.63) is 18.2 Å². The van der Waals surface area contributed by atoms with Crippen molar-refractivity contribution >= 4 is 33.1 Å². The van der Waals surface area contributed by atoms with Crippen molar-refractivity contribution in [3.8, 4) is 0 Å². The van der Waals surface area contributed by atoms with E-state index in [-0.39, 0.29) is 35.0 Å². The average molecular weight is 466 g/mol. The molecule has 4 rings (SSSR count). The highest BCUT2D eigenvalue weighted by Crippen LogP contribution is 2.28. The van der Waals surface area contributed by atoms with Crippen molar-refractivity contribution in [1.82, 2.24) is 24.8 Å². The molecular weight excluding hydrogens is 438 g/mol. The summed E-state index contributed by atoms with van der Waals surface area (Å²) in [6.45, 7) is 3.58. The molecule has 0 bridgehead atoms. The van der Waals surface area contributed by atoms with Crippen LogP contribution in [0.4, 0.5) is 4.79 Å². The van der Waals surface area contributed by atoms with E-state index in [0.717, 1.165) is 0 Å². The third-order valence-corrected chi connectivity index (χ3v) is 7.89. The van der Waals surface area contributed by atoms with Crippen molar-refractivity contribution in [2.75, 3.05) is 32.8 Å². The summed E-state index contributed by atoms with van der Waals surface area (Å²) in [6.07, 6.45) is 2.16. The van der Waals surface area contributed by atoms with Crippen LogP contribution in [0.1, 0.15) is 32.6 Å². The van der Waals surface area contributed by atoms with Crippen LogP contribution in [0.25, 0.3) is 11.0 Å². The topological polar surface area (TPSA) is 135 Å². The maximum absolute atomic E-state index is 13.2. The number of rotatable bonds is 5. The highest BCUT2D eigenvalue weighted by Gasteiger charge is 2.36. The van der Waals surface area contributed by atoms with Crippen LogP contribution in [0, 0.1) is 5.92 Å². The van der Waals surface area contributed by atoms with E-state index in [1.165, 1.54) is 10.4 Å². The lowest BCUT2D eigenvalue weighted by molar-refractivity contribution is -0.127. The quantitative estimate of drug-likeness (QED) is 0.699. The van der Waals surface area contributed by atoms with Crippen molar-refractivity contribution < 1.29 is 27.4 Å². The van der Waals surface area contributed by atoms with Crippen molar-refractivity contribution in [3.63, 3.8) is 0 Å². The van der Waals surface area contributed by atoms with Crippen molar-refractivity contribution in [2.24, 2.45) is 5.92 Å². The van der Waals surface area contributed by atoms with Crippen LogP contribution in [0.3, 0.4) is 0 Å². The van der Waals surface area contributed by atoms with Gasteiger partial charge < -0.3 is 15.0 Å². The van der Waals surface area contributed by atoms with Crippen LogP contribution in [-0.2, 0) is 19.6 Å². The molecule has 32 heavy (non-hydrogen) atoms. The summed E-state index contributed by atoms with van der Waals surface area (Å²) in [5.74, 6) is -0.586. The number of hydrogen-bond acceptors (Lipinski definition) is 8. The first kappa shape index (κ1) is 22.5. The average Bonchev–Trinajstić information content (AvgIpc) is 3.28. The van der Waals surface area contributed by atoms with Gasteiger partial charge in [-0.3, -0.25) is 4.79 Å². The second kappa shape index (κ2) is 9.41. The minimum absolute atomic E-state index is 0.0312. The second-order valence-electron chi connectivity index (χ2n) is 8.06. The molecule has 2 aliphatic rings. The molecular formula is C20H27N5O6S. The number of amides is 2. The minimum atomic E-state index is -3.85. The highest BCUT2D eigenvalue weighted by molar-refractivity contribution is 7.89. The lowest BCUT2D eigenvalue weighted by atomic mass is 9.97. The molecule has 2 amide bonds. The van der Waals surface area contributed by atoms with Gasteiger partial charge in [0.15, 0.2) is 5.52 Å². The maximum Gasteiger partial charge on any atom is 0.409 e. The van der Waals surface area contributed by atoms with Gasteiger partial charge in [0, 0.05) is 32.2 Å². The van der Waals surface area contributed by atoms with Gasteiger partial charge in [-0.1, -0.05) is 6.07 Å². The summed E-state index contributed by atoms with van der Waals surface area (Å²) in [5, 5.41) is 10.5. The smallest absolute Gasteiger partial charge is 0.409 e. The van der Waals surface area contributed by atoms with Gasteiger partial charge in [-0.05, 0) is 55.1 Å². The predicted octanol–water partition coefficient (Wildman–Crippen LogP) is 1.36. The zero-order valence-corrected chi connectivity index (χ0v) is 18.7. The second-order valence-corrected chi connectivity index (χ2v) is 9.97. The minimum Gasteiger partial charge on any atom is -0.450 e. The molecule has 1 aromatic carbocycles. The van der Waals surface area contributed by atoms with E-state index in [1.54, 1.807) is 24.0 Å². The van der Waals surface area contributed by atoms with Gasteiger partial charge in [-0.2, -0.15) is 4.31 Å². The Balaban J connectivity index is 1.37. The largest absolute Gasteiger partial charge is 0.450 e. The number of aromatic nitrogens is 2. The number of nitrogens with one attached hydrogen (secondary N) is 1. The predicted molar refractivity (Wildman–Crippen MR) is 113 cm³/mol. The fourth-order valence-corrected chi connectivity index (χ4v) is 5.90. The summed E-state index contributed by atoms with van der Waals surface area (Å²) in [6, 6.07) is 4.65. The number of nitrogens with zero attached hydrogens (tertiary/aromatic N) is 4. The Morgan fingerprint density at radius 2 is 1.97 bits per heavy atom. The molecule has 0 unspecified atom stereocenters. The molecule has 0 spiro atoms. The standard InChI is InChI=1S/C20H27N5O6S/c1-2-30-20(27)24-11-8-15(9-12-24)21-19(26)14-5-4-10-25(13-14)32(28,29)17-7-3-6-16-18(17)23-31-22-16/h3,6-7,14-15H,2,4-5,8-13H2,1H3,(H,21,26)/t14-/m0/s1. The van der Waals surface area contributed by atoms with E-state index in [9.17, 15) is 18.0 Å². The molecule has 0 aliphatic carbocycles. The lowest BCUT2D eigenvalue weighted by Gasteiger charge is -2.34. The number of sulfonamides is 1. The number of likely N-dealkylation sites (tertiary alicyclic amines) is 1. The number of carbonyl (C=O) groups excluding carboxylic acids is 2. The molecule has 0 radical (unpaired) electrons. The van der Waals surface area contributed by atoms with Gasteiger partial charge in [0.25, 0.3) is 0 Å². The molecule has 174 valence electrons. The Morgan fingerprint density at radius 3 is 2.72 bits per heavy atom. The van der Waals surface area contributed by atoms with E-state index in [2.05, 4.69) is 20.3 Å².